The number of hydrogen-bond acceptors (Lipinski definition) is 2. The van der Waals surface area contributed by atoms with Crippen LogP contribution in [0, 0.1) is 25.2 Å². The number of aromatic nitrogens is 3. The predicted molar refractivity (Wildman–Crippen MR) is 233 cm³/mol. The van der Waals surface area contributed by atoms with Gasteiger partial charge in [-0.25, -0.2) is 0 Å². The molecule has 0 saturated heterocycles. The third-order valence-corrected chi connectivity index (χ3v) is 11.7. The molecule has 0 bridgehead atoms. The predicted octanol–water partition coefficient (Wildman–Crippen LogP) is 14.8. The lowest BCUT2D eigenvalue weighted by Crippen LogP contribution is -2.12. The van der Waals surface area contributed by atoms with Crippen molar-refractivity contribution < 1.29 is 26.3 Å². The van der Waals surface area contributed by atoms with Gasteiger partial charge in [0.25, 0.3) is 0 Å². The van der Waals surface area contributed by atoms with E-state index >= 15 is 0 Å². The molecule has 302 valence electrons. The first kappa shape index (κ1) is 38.6. The fraction of sp³-hybridized carbons (Fsp3) is 0.0769. The highest BCUT2D eigenvalue weighted by Gasteiger charge is 2.38. The summed E-state index contributed by atoms with van der Waals surface area (Å²) in [4.78, 5) is 4.24. The van der Waals surface area contributed by atoms with Crippen LogP contribution in [0.3, 0.4) is 0 Å². The molecule has 10 heteroatoms. The van der Waals surface area contributed by atoms with E-state index in [1.165, 1.54) is 11.6 Å². The minimum absolute atomic E-state index is 0.0960. The lowest BCUT2D eigenvalue weighted by Gasteiger charge is -2.19. The van der Waals surface area contributed by atoms with Gasteiger partial charge in [-0.1, -0.05) is 78.4 Å². The van der Waals surface area contributed by atoms with Gasteiger partial charge in [0.15, 0.2) is 0 Å². The summed E-state index contributed by atoms with van der Waals surface area (Å²) in [6.45, 7) is 4.17. The Bertz CT molecular complexity index is 3480. The molecule has 62 heavy (non-hydrogen) atoms. The van der Waals surface area contributed by atoms with Gasteiger partial charge in [-0.3, -0.25) is 4.98 Å². The van der Waals surface area contributed by atoms with Crippen molar-refractivity contribution in [2.75, 3.05) is 0 Å². The summed E-state index contributed by atoms with van der Waals surface area (Å²) < 4.78 is 88.2. The molecule has 0 aliphatic heterocycles. The van der Waals surface area contributed by atoms with E-state index in [1.54, 1.807) is 24.5 Å². The third kappa shape index (κ3) is 6.28. The van der Waals surface area contributed by atoms with E-state index < -0.39 is 23.5 Å². The molecule has 4 nitrogen and oxygen atoms in total. The van der Waals surface area contributed by atoms with Crippen molar-refractivity contribution in [1.29, 1.82) is 5.26 Å². The Morgan fingerprint density at radius 2 is 1.02 bits per heavy atom. The first-order valence-electron chi connectivity index (χ1n) is 19.7. The van der Waals surface area contributed by atoms with Crippen molar-refractivity contribution >= 4 is 43.6 Å². The maximum Gasteiger partial charge on any atom is 0.417 e. The van der Waals surface area contributed by atoms with Crippen LogP contribution in [0.25, 0.3) is 88.4 Å². The molecular formula is C52H32F6N4. The number of rotatable bonds is 5. The quantitative estimate of drug-likeness (QED) is 0.162. The number of para-hydroxylation sites is 2. The van der Waals surface area contributed by atoms with Crippen molar-refractivity contribution in [2.24, 2.45) is 0 Å². The molecule has 0 N–H and O–H groups in total. The second kappa shape index (κ2) is 14.2. The minimum atomic E-state index is -5.06. The van der Waals surface area contributed by atoms with Crippen molar-refractivity contribution in [1.82, 2.24) is 14.1 Å². The van der Waals surface area contributed by atoms with Gasteiger partial charge in [0, 0.05) is 33.9 Å². The molecule has 3 heterocycles. The molecule has 10 rings (SSSR count). The van der Waals surface area contributed by atoms with Crippen molar-refractivity contribution in [3.63, 3.8) is 0 Å². The van der Waals surface area contributed by atoms with Gasteiger partial charge in [-0.2, -0.15) is 31.6 Å². The third-order valence-electron chi connectivity index (χ3n) is 11.7. The van der Waals surface area contributed by atoms with Crippen molar-refractivity contribution in [3.05, 3.63) is 186 Å². The zero-order chi connectivity index (χ0) is 43.1. The molecule has 7 aromatic carbocycles. The number of aryl methyl sites for hydroxylation is 2. The molecule has 0 aliphatic carbocycles. The largest absolute Gasteiger partial charge is 0.417 e. The van der Waals surface area contributed by atoms with E-state index in [0.717, 1.165) is 55.7 Å². The molecule has 0 spiro atoms. The van der Waals surface area contributed by atoms with E-state index in [1.807, 2.05) is 71.3 Å². The zero-order valence-electron chi connectivity index (χ0n) is 33.1. The molecule has 0 aliphatic rings. The van der Waals surface area contributed by atoms with Crippen molar-refractivity contribution in [2.45, 2.75) is 26.2 Å². The second-order valence-corrected chi connectivity index (χ2v) is 15.5. The Balaban J connectivity index is 1.25. The SMILES string of the molecule is Cc1ccc(-c2ccc3c(c2)c2ccccc2n3-c2cc(-c3ccncc3)cc(-n3c4ccccc4c4cc(-c5ccc(C(F)(F)F)cc5C(F)(F)F)ccc43)c2C#N)c(C)c1. The molecule has 0 saturated carbocycles. The van der Waals surface area contributed by atoms with Crippen LogP contribution in [0.4, 0.5) is 26.3 Å². The maximum atomic E-state index is 14.4. The molecule has 0 radical (unpaired) electrons. The monoisotopic (exact) mass is 826 g/mol. The van der Waals surface area contributed by atoms with Crippen LogP contribution >= 0.6 is 0 Å². The van der Waals surface area contributed by atoms with Gasteiger partial charge in [0.2, 0.25) is 0 Å². The van der Waals surface area contributed by atoms with E-state index in [2.05, 4.69) is 71.9 Å². The molecule has 0 amide bonds. The molecule has 10 aromatic rings. The zero-order valence-corrected chi connectivity index (χ0v) is 33.1. The highest BCUT2D eigenvalue weighted by atomic mass is 19.4. The van der Waals surface area contributed by atoms with Gasteiger partial charge in [0.05, 0.1) is 44.6 Å². The average Bonchev–Trinajstić information content (AvgIpc) is 3.77. The van der Waals surface area contributed by atoms with Crippen LogP contribution in [0.5, 0.6) is 0 Å². The van der Waals surface area contributed by atoms with Gasteiger partial charge in [0.1, 0.15) is 11.6 Å². The van der Waals surface area contributed by atoms with Crippen LogP contribution in [0.1, 0.15) is 27.8 Å². The van der Waals surface area contributed by atoms with E-state index in [0.29, 0.717) is 44.8 Å². The first-order valence-corrected chi connectivity index (χ1v) is 19.7. The normalized spacial score (nSPS) is 12.2. The topological polar surface area (TPSA) is 46.5 Å². The molecule has 0 unspecified atom stereocenters. The molecule has 0 fully saturated rings. The van der Waals surface area contributed by atoms with Gasteiger partial charge < -0.3 is 9.13 Å². The molecule has 3 aromatic heterocycles. The first-order chi connectivity index (χ1) is 29.8. The summed E-state index contributed by atoms with van der Waals surface area (Å²) in [5.74, 6) is 0. The van der Waals surface area contributed by atoms with E-state index in [9.17, 15) is 31.6 Å². The summed E-state index contributed by atoms with van der Waals surface area (Å²) in [5, 5.41) is 14.5. The summed E-state index contributed by atoms with van der Waals surface area (Å²) in [6, 6.07) is 44.9. The van der Waals surface area contributed by atoms with Crippen molar-refractivity contribution in [3.8, 4) is 50.8 Å². The van der Waals surface area contributed by atoms with E-state index in [-0.39, 0.29) is 17.2 Å². The molecule has 0 atom stereocenters. The van der Waals surface area contributed by atoms with Gasteiger partial charge >= 0.3 is 12.4 Å². The van der Waals surface area contributed by atoms with Crippen LogP contribution in [-0.2, 0) is 12.4 Å². The summed E-state index contributed by atoms with van der Waals surface area (Å²) in [6.07, 6.45) is -6.62. The Hall–Kier alpha value is -7.64. The number of nitriles is 1. The average molecular weight is 827 g/mol. The number of pyridine rings is 1. The van der Waals surface area contributed by atoms with Crippen LogP contribution in [0.15, 0.2) is 158 Å². The van der Waals surface area contributed by atoms with Crippen LogP contribution in [0.2, 0.25) is 0 Å². The Kier molecular flexibility index (Phi) is 8.85. The van der Waals surface area contributed by atoms with Gasteiger partial charge in [-0.15, -0.1) is 0 Å². The number of fused-ring (bicyclic) bond motifs is 6. The highest BCUT2D eigenvalue weighted by molar-refractivity contribution is 6.12. The highest BCUT2D eigenvalue weighted by Crippen LogP contribution is 2.45. The fourth-order valence-corrected chi connectivity index (χ4v) is 8.93. The van der Waals surface area contributed by atoms with Crippen LogP contribution < -0.4 is 0 Å². The second-order valence-electron chi connectivity index (χ2n) is 15.5. The molecular weight excluding hydrogens is 795 g/mol. The number of nitrogens with zero attached hydrogens (tertiary/aromatic N) is 4. The number of benzene rings is 7. The van der Waals surface area contributed by atoms with E-state index in [4.69, 9.17) is 0 Å². The van der Waals surface area contributed by atoms with Crippen LogP contribution in [-0.4, -0.2) is 14.1 Å². The lowest BCUT2D eigenvalue weighted by atomic mass is 9.95. The Morgan fingerprint density at radius 1 is 0.484 bits per heavy atom. The number of halogens is 6. The Morgan fingerprint density at radius 3 is 1.55 bits per heavy atom. The lowest BCUT2D eigenvalue weighted by molar-refractivity contribution is -0.142. The number of alkyl halides is 6. The summed E-state index contributed by atoms with van der Waals surface area (Å²) >= 11 is 0. The standard InChI is InChI=1S/C52H32F6N4/c1-30-11-15-37(31(2)23-30)33-12-17-47-41(24-33)39-7-3-5-9-45(39)61(47)49-26-35(32-19-21-60-22-20-32)27-50(43(49)29-59)62-46-10-6-4-8-40(46)42-25-34(13-18-48(42)62)38-16-14-36(51(53,54)55)28-44(38)52(56,57)58/h3-28H,1-2H3. The summed E-state index contributed by atoms with van der Waals surface area (Å²) in [5.41, 5.74) is 7.63. The number of hydrogen-bond donors (Lipinski definition) is 0. The fourth-order valence-electron chi connectivity index (χ4n) is 8.93. The summed E-state index contributed by atoms with van der Waals surface area (Å²) in [7, 11) is 0. The smallest absolute Gasteiger partial charge is 0.308 e. The van der Waals surface area contributed by atoms with Gasteiger partial charge in [-0.05, 0) is 126 Å². The maximum absolute atomic E-state index is 14.4. The minimum Gasteiger partial charge on any atom is -0.308 e. The Labute approximate surface area is 351 Å².